The van der Waals surface area contributed by atoms with Gasteiger partial charge in [0.1, 0.15) is 11.3 Å². The van der Waals surface area contributed by atoms with Gasteiger partial charge in [-0.1, -0.05) is 13.0 Å². The second kappa shape index (κ2) is 8.10. The monoisotopic (exact) mass is 410 g/mol. The number of carbonyl (C=O) groups excluding carboxylic acids is 1. The summed E-state index contributed by atoms with van der Waals surface area (Å²) in [6.07, 6.45) is 1.29. The van der Waals surface area contributed by atoms with Gasteiger partial charge in [0.25, 0.3) is 0 Å². The lowest BCUT2D eigenvalue weighted by molar-refractivity contribution is 0.0492. The number of rotatable bonds is 4. The molecule has 1 aromatic heterocycles. The van der Waals surface area contributed by atoms with E-state index < -0.39 is 5.97 Å². The zero-order chi connectivity index (χ0) is 21.3. The van der Waals surface area contributed by atoms with Gasteiger partial charge < -0.3 is 23.7 Å². The van der Waals surface area contributed by atoms with E-state index in [0.717, 1.165) is 6.42 Å². The van der Waals surface area contributed by atoms with Gasteiger partial charge in [0.05, 0.1) is 30.8 Å². The summed E-state index contributed by atoms with van der Waals surface area (Å²) in [5.74, 6) is 0.119. The highest BCUT2D eigenvalue weighted by Crippen LogP contribution is 2.36. The SMILES string of the molecule is CCOC(=O)c1oc2cc(O)c(CC)cc2c(=O)c1-c1ccc2c(c1)OCCCO2. The fraction of sp³-hybridized carbons (Fsp3) is 0.304. The summed E-state index contributed by atoms with van der Waals surface area (Å²) in [5, 5.41) is 10.4. The number of esters is 1. The number of phenols is 1. The summed E-state index contributed by atoms with van der Waals surface area (Å²) < 4.78 is 22.3. The minimum atomic E-state index is -0.752. The van der Waals surface area contributed by atoms with Crippen molar-refractivity contribution < 1.29 is 28.5 Å². The largest absolute Gasteiger partial charge is 0.508 e. The Morgan fingerprint density at radius 3 is 2.60 bits per heavy atom. The van der Waals surface area contributed by atoms with E-state index in [1.165, 1.54) is 6.07 Å². The number of aromatic hydroxyl groups is 1. The predicted molar refractivity (Wildman–Crippen MR) is 111 cm³/mol. The van der Waals surface area contributed by atoms with Gasteiger partial charge in [-0.05, 0) is 42.7 Å². The fourth-order valence-electron chi connectivity index (χ4n) is 3.48. The molecule has 1 N–H and O–H groups in total. The molecule has 7 nitrogen and oxygen atoms in total. The van der Waals surface area contributed by atoms with Crippen LogP contribution in [0.4, 0.5) is 0 Å². The third kappa shape index (κ3) is 3.47. The van der Waals surface area contributed by atoms with Gasteiger partial charge in [0, 0.05) is 12.5 Å². The van der Waals surface area contributed by atoms with E-state index in [2.05, 4.69) is 0 Å². The summed E-state index contributed by atoms with van der Waals surface area (Å²) >= 11 is 0. The summed E-state index contributed by atoms with van der Waals surface area (Å²) in [4.78, 5) is 26.1. The van der Waals surface area contributed by atoms with E-state index in [-0.39, 0.29) is 40.1 Å². The minimum absolute atomic E-state index is 0.00582. The van der Waals surface area contributed by atoms with Crippen LogP contribution < -0.4 is 14.9 Å². The van der Waals surface area contributed by atoms with Gasteiger partial charge in [-0.2, -0.15) is 0 Å². The topological polar surface area (TPSA) is 95.2 Å². The molecule has 0 bridgehead atoms. The molecule has 0 fully saturated rings. The third-order valence-electron chi connectivity index (χ3n) is 4.97. The maximum absolute atomic E-state index is 13.5. The van der Waals surface area contributed by atoms with Crippen LogP contribution in [-0.2, 0) is 11.2 Å². The first-order valence-corrected chi connectivity index (χ1v) is 9.93. The fourth-order valence-corrected chi connectivity index (χ4v) is 3.48. The van der Waals surface area contributed by atoms with Crippen LogP contribution in [-0.4, -0.2) is 30.9 Å². The molecule has 0 amide bonds. The van der Waals surface area contributed by atoms with Crippen LogP contribution >= 0.6 is 0 Å². The number of ether oxygens (including phenoxy) is 3. The molecule has 1 aliphatic heterocycles. The number of hydrogen-bond donors (Lipinski definition) is 1. The molecule has 0 saturated heterocycles. The summed E-state index contributed by atoms with van der Waals surface area (Å²) in [5.41, 5.74) is 0.899. The minimum Gasteiger partial charge on any atom is -0.508 e. The van der Waals surface area contributed by atoms with Crippen LogP contribution in [0.5, 0.6) is 17.2 Å². The normalized spacial score (nSPS) is 13.1. The van der Waals surface area contributed by atoms with Crippen LogP contribution in [0, 0.1) is 0 Å². The quantitative estimate of drug-likeness (QED) is 0.648. The number of carbonyl (C=O) groups is 1. The van der Waals surface area contributed by atoms with Gasteiger partial charge in [0.2, 0.25) is 11.2 Å². The number of aryl methyl sites for hydroxylation is 1. The molecular weight excluding hydrogens is 388 g/mol. The van der Waals surface area contributed by atoms with Crippen molar-refractivity contribution in [2.45, 2.75) is 26.7 Å². The molecule has 3 aromatic rings. The Hall–Kier alpha value is -3.48. The first-order chi connectivity index (χ1) is 14.5. The molecule has 0 radical (unpaired) electrons. The Labute approximate surface area is 172 Å². The zero-order valence-corrected chi connectivity index (χ0v) is 16.8. The van der Waals surface area contributed by atoms with Crippen molar-refractivity contribution >= 4 is 16.9 Å². The van der Waals surface area contributed by atoms with Crippen molar-refractivity contribution in [1.29, 1.82) is 0 Å². The molecule has 0 atom stereocenters. The Kier molecular flexibility index (Phi) is 5.35. The van der Waals surface area contributed by atoms with Crippen LogP contribution in [0.15, 0.2) is 39.5 Å². The lowest BCUT2D eigenvalue weighted by atomic mass is 10.00. The lowest BCUT2D eigenvalue weighted by Crippen LogP contribution is -2.15. The molecule has 7 heteroatoms. The summed E-state index contributed by atoms with van der Waals surface area (Å²) in [6, 6.07) is 8.02. The molecule has 2 aromatic carbocycles. The Morgan fingerprint density at radius 2 is 1.87 bits per heavy atom. The first kappa shape index (κ1) is 19.8. The molecule has 30 heavy (non-hydrogen) atoms. The van der Waals surface area contributed by atoms with Crippen molar-refractivity contribution in [3.8, 4) is 28.4 Å². The second-order valence-corrected chi connectivity index (χ2v) is 6.90. The van der Waals surface area contributed by atoms with Crippen LogP contribution in [0.2, 0.25) is 0 Å². The molecular formula is C23H22O7. The van der Waals surface area contributed by atoms with Crippen LogP contribution in [0.25, 0.3) is 22.1 Å². The molecule has 2 heterocycles. The van der Waals surface area contributed by atoms with Crippen molar-refractivity contribution in [3.63, 3.8) is 0 Å². The Balaban J connectivity index is 1.99. The summed E-state index contributed by atoms with van der Waals surface area (Å²) in [7, 11) is 0. The van der Waals surface area contributed by atoms with E-state index in [9.17, 15) is 14.7 Å². The van der Waals surface area contributed by atoms with Gasteiger partial charge in [-0.15, -0.1) is 0 Å². The molecule has 0 saturated carbocycles. The maximum atomic E-state index is 13.5. The average molecular weight is 410 g/mol. The van der Waals surface area contributed by atoms with E-state index >= 15 is 0 Å². The van der Waals surface area contributed by atoms with Crippen LogP contribution in [0.3, 0.4) is 0 Å². The van der Waals surface area contributed by atoms with Crippen molar-refractivity contribution in [1.82, 2.24) is 0 Å². The Bertz CT molecular complexity index is 1180. The molecule has 1 aliphatic rings. The highest BCUT2D eigenvalue weighted by Gasteiger charge is 2.25. The number of hydrogen-bond acceptors (Lipinski definition) is 7. The van der Waals surface area contributed by atoms with E-state index in [1.54, 1.807) is 31.2 Å². The van der Waals surface area contributed by atoms with Gasteiger partial charge in [-0.25, -0.2) is 4.79 Å². The molecule has 0 spiro atoms. The number of benzene rings is 2. The highest BCUT2D eigenvalue weighted by molar-refractivity contribution is 5.98. The van der Waals surface area contributed by atoms with Gasteiger partial charge >= 0.3 is 5.97 Å². The van der Waals surface area contributed by atoms with E-state index in [1.807, 2.05) is 6.92 Å². The molecule has 4 rings (SSSR count). The smallest absolute Gasteiger partial charge is 0.375 e. The second-order valence-electron chi connectivity index (χ2n) is 6.90. The van der Waals surface area contributed by atoms with E-state index in [0.29, 0.717) is 42.3 Å². The van der Waals surface area contributed by atoms with Crippen molar-refractivity contribution in [2.75, 3.05) is 19.8 Å². The van der Waals surface area contributed by atoms with E-state index in [4.69, 9.17) is 18.6 Å². The van der Waals surface area contributed by atoms with Crippen molar-refractivity contribution in [2.24, 2.45) is 0 Å². The van der Waals surface area contributed by atoms with Gasteiger partial charge in [0.15, 0.2) is 11.5 Å². The van der Waals surface area contributed by atoms with Gasteiger partial charge in [-0.3, -0.25) is 4.79 Å². The highest BCUT2D eigenvalue weighted by atomic mass is 16.5. The predicted octanol–water partition coefficient (Wildman–Crippen LogP) is 4.07. The zero-order valence-electron chi connectivity index (χ0n) is 16.8. The number of phenolic OH excluding ortho intramolecular Hbond substituents is 1. The maximum Gasteiger partial charge on any atom is 0.375 e. The first-order valence-electron chi connectivity index (χ1n) is 9.93. The lowest BCUT2D eigenvalue weighted by Gasteiger charge is -2.13. The van der Waals surface area contributed by atoms with Crippen LogP contribution in [0.1, 0.15) is 36.4 Å². The van der Waals surface area contributed by atoms with Crippen molar-refractivity contribution in [3.05, 3.63) is 51.9 Å². The molecule has 0 unspecified atom stereocenters. The standard InChI is InChI=1S/C23H22O7/c1-3-13-10-15-18(12-16(13)24)30-22(23(26)27-4-2)20(21(15)25)14-6-7-17-19(11-14)29-9-5-8-28-17/h6-7,10-12,24H,3-5,8-9H2,1-2H3. The number of fused-ring (bicyclic) bond motifs is 2. The molecule has 0 aliphatic carbocycles. The third-order valence-corrected chi connectivity index (χ3v) is 4.97. The Morgan fingerprint density at radius 1 is 1.10 bits per heavy atom. The average Bonchev–Trinajstić information content (AvgIpc) is 2.98. The summed E-state index contributed by atoms with van der Waals surface area (Å²) in [6.45, 7) is 4.71. The molecule has 156 valence electrons.